The Bertz CT molecular complexity index is 799. The second kappa shape index (κ2) is 8.91. The summed E-state index contributed by atoms with van der Waals surface area (Å²) in [7, 11) is 1.58. The van der Waals surface area contributed by atoms with Gasteiger partial charge in [0.25, 0.3) is 5.91 Å². The highest BCUT2D eigenvalue weighted by atomic mass is 35.5. The van der Waals surface area contributed by atoms with Gasteiger partial charge in [0.05, 0.1) is 13.5 Å². The van der Waals surface area contributed by atoms with Gasteiger partial charge in [0, 0.05) is 29.7 Å². The van der Waals surface area contributed by atoms with E-state index in [1.165, 1.54) is 0 Å². The van der Waals surface area contributed by atoms with E-state index in [1.54, 1.807) is 37.4 Å². The van der Waals surface area contributed by atoms with Crippen LogP contribution in [0.2, 0.25) is 5.02 Å². The van der Waals surface area contributed by atoms with Crippen LogP contribution < -0.4 is 10.1 Å². The van der Waals surface area contributed by atoms with E-state index in [9.17, 15) is 9.59 Å². The third kappa shape index (κ3) is 5.23. The highest BCUT2D eigenvalue weighted by molar-refractivity contribution is 6.30. The normalized spacial score (nSPS) is 14.7. The summed E-state index contributed by atoms with van der Waals surface area (Å²) < 4.78 is 5.16. The van der Waals surface area contributed by atoms with Crippen molar-refractivity contribution in [3.05, 3.63) is 64.7 Å². The van der Waals surface area contributed by atoms with Gasteiger partial charge in [-0.1, -0.05) is 29.8 Å². The summed E-state index contributed by atoms with van der Waals surface area (Å²) in [6.45, 7) is 1.30. The molecular formula is C21H23ClN2O3. The maximum atomic E-state index is 12.5. The molecule has 0 saturated carbocycles. The first-order chi connectivity index (χ1) is 13.0. The number of benzene rings is 2. The van der Waals surface area contributed by atoms with Gasteiger partial charge in [-0.15, -0.1) is 0 Å². The van der Waals surface area contributed by atoms with Crippen LogP contribution in [0.25, 0.3) is 0 Å². The monoisotopic (exact) mass is 386 g/mol. The Morgan fingerprint density at radius 3 is 2.52 bits per heavy atom. The van der Waals surface area contributed by atoms with Crippen molar-refractivity contribution in [2.45, 2.75) is 25.3 Å². The molecule has 0 spiro atoms. The summed E-state index contributed by atoms with van der Waals surface area (Å²) in [5, 5.41) is 3.72. The number of ether oxygens (including phenoxy) is 1. The Labute approximate surface area is 164 Å². The molecule has 27 heavy (non-hydrogen) atoms. The Hall–Kier alpha value is -2.53. The highest BCUT2D eigenvalue weighted by Crippen LogP contribution is 2.16. The number of carbonyl (C=O) groups excluding carboxylic acids is 2. The minimum Gasteiger partial charge on any atom is -0.497 e. The van der Waals surface area contributed by atoms with E-state index >= 15 is 0 Å². The number of hydrogen-bond acceptors (Lipinski definition) is 3. The van der Waals surface area contributed by atoms with Crippen molar-refractivity contribution in [1.82, 2.24) is 10.2 Å². The van der Waals surface area contributed by atoms with Gasteiger partial charge in [-0.25, -0.2) is 0 Å². The zero-order chi connectivity index (χ0) is 19.2. The minimum atomic E-state index is -0.111. The molecule has 0 unspecified atom stereocenters. The van der Waals surface area contributed by atoms with Crippen LogP contribution in [0.1, 0.15) is 28.8 Å². The standard InChI is InChI=1S/C21H23ClN2O3/c1-27-19-4-2-3-16(14-19)21(26)23-18-9-11-24(12-10-18)20(25)13-15-5-7-17(22)8-6-15/h2-8,14,18H,9-13H2,1H3,(H,23,26). The molecule has 1 N–H and O–H groups in total. The maximum Gasteiger partial charge on any atom is 0.251 e. The topological polar surface area (TPSA) is 58.6 Å². The lowest BCUT2D eigenvalue weighted by atomic mass is 10.0. The average Bonchev–Trinajstić information content (AvgIpc) is 2.70. The SMILES string of the molecule is COc1cccc(C(=O)NC2CCN(C(=O)Cc3ccc(Cl)cc3)CC2)c1. The molecule has 3 rings (SSSR count). The van der Waals surface area contributed by atoms with Gasteiger partial charge >= 0.3 is 0 Å². The summed E-state index contributed by atoms with van der Waals surface area (Å²) in [5.74, 6) is 0.653. The summed E-state index contributed by atoms with van der Waals surface area (Å²) in [6, 6.07) is 14.5. The quantitative estimate of drug-likeness (QED) is 0.857. The second-order valence-electron chi connectivity index (χ2n) is 6.66. The fraction of sp³-hybridized carbons (Fsp3) is 0.333. The van der Waals surface area contributed by atoms with Crippen LogP contribution in [0.5, 0.6) is 5.75 Å². The first-order valence-electron chi connectivity index (χ1n) is 9.02. The number of carbonyl (C=O) groups is 2. The van der Waals surface area contributed by atoms with Crippen LogP contribution in [-0.4, -0.2) is 43.0 Å². The predicted molar refractivity (Wildman–Crippen MR) is 105 cm³/mol. The number of rotatable bonds is 5. The molecule has 1 saturated heterocycles. The van der Waals surface area contributed by atoms with Crippen molar-refractivity contribution in [3.8, 4) is 5.75 Å². The highest BCUT2D eigenvalue weighted by Gasteiger charge is 2.24. The third-order valence-electron chi connectivity index (χ3n) is 4.78. The summed E-state index contributed by atoms with van der Waals surface area (Å²) in [6.07, 6.45) is 1.88. The smallest absolute Gasteiger partial charge is 0.251 e. The largest absolute Gasteiger partial charge is 0.497 e. The zero-order valence-electron chi connectivity index (χ0n) is 15.3. The minimum absolute atomic E-state index is 0.0725. The molecule has 1 aliphatic rings. The van der Waals surface area contributed by atoms with E-state index in [0.29, 0.717) is 35.8 Å². The molecule has 0 bridgehead atoms. The van der Waals surface area contributed by atoms with Crippen LogP contribution in [0.15, 0.2) is 48.5 Å². The van der Waals surface area contributed by atoms with Gasteiger partial charge in [0.15, 0.2) is 0 Å². The first kappa shape index (κ1) is 19.2. The Morgan fingerprint density at radius 2 is 1.85 bits per heavy atom. The zero-order valence-corrected chi connectivity index (χ0v) is 16.0. The van der Waals surface area contributed by atoms with Gasteiger partial charge in [0.1, 0.15) is 5.75 Å². The molecule has 0 aliphatic carbocycles. The molecule has 0 atom stereocenters. The lowest BCUT2D eigenvalue weighted by molar-refractivity contribution is -0.131. The molecule has 2 aromatic rings. The second-order valence-corrected chi connectivity index (χ2v) is 7.10. The Morgan fingerprint density at radius 1 is 1.15 bits per heavy atom. The maximum absolute atomic E-state index is 12.5. The number of likely N-dealkylation sites (tertiary alicyclic amines) is 1. The van der Waals surface area contributed by atoms with Crippen LogP contribution >= 0.6 is 11.6 Å². The number of nitrogens with one attached hydrogen (secondary N) is 1. The van der Waals surface area contributed by atoms with E-state index < -0.39 is 0 Å². The van der Waals surface area contributed by atoms with Crippen LogP contribution in [0.3, 0.4) is 0 Å². The van der Waals surface area contributed by atoms with Gasteiger partial charge < -0.3 is 15.0 Å². The summed E-state index contributed by atoms with van der Waals surface area (Å²) in [4.78, 5) is 26.7. The molecule has 0 aromatic heterocycles. The summed E-state index contributed by atoms with van der Waals surface area (Å²) in [5.41, 5.74) is 1.54. The molecular weight excluding hydrogens is 364 g/mol. The molecule has 1 aliphatic heterocycles. The molecule has 6 heteroatoms. The molecule has 2 amide bonds. The van der Waals surface area contributed by atoms with Crippen molar-refractivity contribution in [3.63, 3.8) is 0 Å². The van der Waals surface area contributed by atoms with Crippen molar-refractivity contribution >= 4 is 23.4 Å². The fourth-order valence-corrected chi connectivity index (χ4v) is 3.32. The molecule has 2 aromatic carbocycles. The van der Waals surface area contributed by atoms with Crippen LogP contribution in [-0.2, 0) is 11.2 Å². The van der Waals surface area contributed by atoms with E-state index in [0.717, 1.165) is 18.4 Å². The average molecular weight is 387 g/mol. The molecule has 0 radical (unpaired) electrons. The Kier molecular flexibility index (Phi) is 6.35. The lowest BCUT2D eigenvalue weighted by Gasteiger charge is -2.32. The van der Waals surface area contributed by atoms with Crippen molar-refractivity contribution < 1.29 is 14.3 Å². The van der Waals surface area contributed by atoms with E-state index in [1.807, 2.05) is 23.1 Å². The van der Waals surface area contributed by atoms with Gasteiger partial charge in [-0.2, -0.15) is 0 Å². The van der Waals surface area contributed by atoms with Crippen molar-refractivity contribution in [2.75, 3.05) is 20.2 Å². The van der Waals surface area contributed by atoms with E-state index in [2.05, 4.69) is 5.32 Å². The van der Waals surface area contributed by atoms with Crippen molar-refractivity contribution in [2.24, 2.45) is 0 Å². The third-order valence-corrected chi connectivity index (χ3v) is 5.04. The molecule has 1 heterocycles. The fourth-order valence-electron chi connectivity index (χ4n) is 3.19. The number of amides is 2. The molecule has 142 valence electrons. The number of hydrogen-bond donors (Lipinski definition) is 1. The van der Waals surface area contributed by atoms with Crippen molar-refractivity contribution in [1.29, 1.82) is 0 Å². The van der Waals surface area contributed by atoms with Crippen LogP contribution in [0, 0.1) is 0 Å². The number of nitrogens with zero attached hydrogens (tertiary/aromatic N) is 1. The lowest BCUT2D eigenvalue weighted by Crippen LogP contribution is -2.47. The van der Waals surface area contributed by atoms with Gasteiger partial charge in [-0.05, 0) is 48.7 Å². The number of methoxy groups -OCH3 is 1. The predicted octanol–water partition coefficient (Wildman–Crippen LogP) is 3.31. The van der Waals surface area contributed by atoms with Gasteiger partial charge in [0.2, 0.25) is 5.91 Å². The van der Waals surface area contributed by atoms with E-state index in [-0.39, 0.29) is 17.9 Å². The first-order valence-corrected chi connectivity index (χ1v) is 9.40. The van der Waals surface area contributed by atoms with Gasteiger partial charge in [-0.3, -0.25) is 9.59 Å². The number of halogens is 1. The summed E-state index contributed by atoms with van der Waals surface area (Å²) >= 11 is 5.88. The molecule has 1 fully saturated rings. The Balaban J connectivity index is 1.48. The molecule has 5 nitrogen and oxygen atoms in total. The van der Waals surface area contributed by atoms with Crippen LogP contribution in [0.4, 0.5) is 0 Å². The number of piperidine rings is 1. The van der Waals surface area contributed by atoms with E-state index in [4.69, 9.17) is 16.3 Å².